The summed E-state index contributed by atoms with van der Waals surface area (Å²) in [5.41, 5.74) is -2.22. The van der Waals surface area contributed by atoms with Gasteiger partial charge in [0, 0.05) is 18.1 Å². The van der Waals surface area contributed by atoms with Gasteiger partial charge in [-0.05, 0) is 26.2 Å². The lowest BCUT2D eigenvalue weighted by atomic mass is 9.75. The van der Waals surface area contributed by atoms with Crippen molar-refractivity contribution >= 4 is 23.7 Å². The Morgan fingerprint density at radius 1 is 1.23 bits per heavy atom. The maximum Gasteiger partial charge on any atom is 0.334 e. The van der Waals surface area contributed by atoms with Gasteiger partial charge in [0.05, 0.1) is 12.0 Å². The van der Waals surface area contributed by atoms with Crippen molar-refractivity contribution in [3.63, 3.8) is 0 Å². The molecular weight excluding hydrogens is 396 g/mol. The highest BCUT2D eigenvalue weighted by atomic mass is 16.6. The Morgan fingerprint density at radius 2 is 1.87 bits per heavy atom. The Morgan fingerprint density at radius 3 is 2.43 bits per heavy atom. The van der Waals surface area contributed by atoms with Crippen LogP contribution in [0.25, 0.3) is 0 Å². The minimum atomic E-state index is -2.27. The molecule has 30 heavy (non-hydrogen) atoms. The van der Waals surface area contributed by atoms with Crippen LogP contribution in [0.3, 0.4) is 0 Å². The van der Waals surface area contributed by atoms with E-state index in [1.165, 1.54) is 13.8 Å². The van der Waals surface area contributed by atoms with Gasteiger partial charge in [0.15, 0.2) is 23.6 Å². The molecule has 9 nitrogen and oxygen atoms in total. The molecule has 2 saturated heterocycles. The largest absolute Gasteiger partial charge is 0.458 e. The Labute approximate surface area is 174 Å². The smallest absolute Gasteiger partial charge is 0.334 e. The fraction of sp³-hybridized carbons (Fsp3) is 0.619. The number of Topliss-reactive ketones (excluding diaryl/α,β-unsaturated/α-hetero) is 1. The van der Waals surface area contributed by atoms with E-state index in [0.717, 1.165) is 6.92 Å². The number of ether oxygens (including phenoxy) is 4. The summed E-state index contributed by atoms with van der Waals surface area (Å²) in [5.74, 6) is -4.16. The first-order valence-electron chi connectivity index (χ1n) is 9.71. The SMILES string of the molecule is C=C(C)C(=O)OC1C2C(=C)C(=O)OC2CC(C)C2OC2C(=O)C(C)(O)C1OC(C)=O. The molecule has 0 aromatic heterocycles. The first-order valence-corrected chi connectivity index (χ1v) is 9.71. The first kappa shape index (κ1) is 22.2. The first-order chi connectivity index (χ1) is 13.9. The van der Waals surface area contributed by atoms with Crippen LogP contribution in [-0.4, -0.2) is 64.9 Å². The van der Waals surface area contributed by atoms with Crippen molar-refractivity contribution < 1.29 is 43.2 Å². The molecule has 8 unspecified atom stereocenters. The number of aliphatic hydroxyl groups is 1. The number of ketones is 1. The van der Waals surface area contributed by atoms with Crippen molar-refractivity contribution in [2.45, 2.75) is 70.2 Å². The van der Waals surface area contributed by atoms with E-state index in [-0.39, 0.29) is 17.1 Å². The number of carbonyl (C=O) groups is 4. The molecule has 1 saturated carbocycles. The van der Waals surface area contributed by atoms with E-state index in [1.807, 2.05) is 6.92 Å². The number of carbonyl (C=O) groups excluding carboxylic acids is 4. The third kappa shape index (κ3) is 3.79. The van der Waals surface area contributed by atoms with Crippen LogP contribution in [0, 0.1) is 11.8 Å². The van der Waals surface area contributed by atoms with Crippen molar-refractivity contribution in [1.29, 1.82) is 0 Å². The number of esters is 3. The zero-order valence-corrected chi connectivity index (χ0v) is 17.4. The predicted octanol–water partition coefficient (Wildman–Crippen LogP) is 0.631. The normalized spacial score (nSPS) is 40.6. The Balaban J connectivity index is 2.14. The standard InChI is InChI=1S/C21H26O9/c1-8(2)19(24)30-15-13-10(4)20(25)28-12(13)7-9(3)14-16(29-14)17(23)21(6,26)18(15)27-11(5)22/h9,12-16,18,26H,1,4,7H2,2-3,5-6H3. The van der Waals surface area contributed by atoms with Gasteiger partial charge in [0.1, 0.15) is 12.2 Å². The molecule has 0 spiro atoms. The van der Waals surface area contributed by atoms with E-state index in [1.54, 1.807) is 0 Å². The number of epoxide rings is 1. The van der Waals surface area contributed by atoms with Gasteiger partial charge in [-0.3, -0.25) is 9.59 Å². The van der Waals surface area contributed by atoms with E-state index in [4.69, 9.17) is 18.9 Å². The second kappa shape index (κ2) is 7.63. The molecule has 0 aromatic rings. The van der Waals surface area contributed by atoms with Crippen LogP contribution in [0.15, 0.2) is 24.3 Å². The topological polar surface area (TPSA) is 129 Å². The van der Waals surface area contributed by atoms with Crippen molar-refractivity contribution in [2.24, 2.45) is 11.8 Å². The van der Waals surface area contributed by atoms with Crippen molar-refractivity contribution in [3.8, 4) is 0 Å². The molecule has 1 N–H and O–H groups in total. The van der Waals surface area contributed by atoms with Crippen LogP contribution in [0.4, 0.5) is 0 Å². The van der Waals surface area contributed by atoms with Crippen LogP contribution < -0.4 is 0 Å². The average Bonchev–Trinajstić information content (AvgIpc) is 3.39. The predicted molar refractivity (Wildman–Crippen MR) is 101 cm³/mol. The molecule has 3 aliphatic rings. The zero-order valence-electron chi connectivity index (χ0n) is 17.4. The van der Waals surface area contributed by atoms with Crippen LogP contribution >= 0.6 is 0 Å². The summed E-state index contributed by atoms with van der Waals surface area (Å²) in [6.07, 6.45) is -4.87. The summed E-state index contributed by atoms with van der Waals surface area (Å²) in [5, 5.41) is 11.2. The maximum absolute atomic E-state index is 13.0. The van der Waals surface area contributed by atoms with Gasteiger partial charge >= 0.3 is 17.9 Å². The molecule has 0 amide bonds. The van der Waals surface area contributed by atoms with Gasteiger partial charge in [-0.25, -0.2) is 9.59 Å². The molecule has 164 valence electrons. The van der Waals surface area contributed by atoms with Gasteiger partial charge in [0.2, 0.25) is 0 Å². The van der Waals surface area contributed by atoms with Crippen LogP contribution in [0.2, 0.25) is 0 Å². The molecule has 1 aliphatic carbocycles. The lowest BCUT2D eigenvalue weighted by molar-refractivity contribution is -0.196. The van der Waals surface area contributed by atoms with E-state index in [9.17, 15) is 24.3 Å². The monoisotopic (exact) mass is 422 g/mol. The number of hydrogen-bond acceptors (Lipinski definition) is 9. The van der Waals surface area contributed by atoms with E-state index in [0.29, 0.717) is 6.42 Å². The highest BCUT2D eigenvalue weighted by molar-refractivity contribution is 5.95. The summed E-state index contributed by atoms with van der Waals surface area (Å²) >= 11 is 0. The lowest BCUT2D eigenvalue weighted by Crippen LogP contribution is -2.60. The van der Waals surface area contributed by atoms with Crippen LogP contribution in [0.5, 0.6) is 0 Å². The Bertz CT molecular complexity index is 826. The minimum Gasteiger partial charge on any atom is -0.458 e. The van der Waals surface area contributed by atoms with Crippen molar-refractivity contribution in [2.75, 3.05) is 0 Å². The third-order valence-electron chi connectivity index (χ3n) is 5.86. The lowest BCUT2D eigenvalue weighted by Gasteiger charge is -2.39. The van der Waals surface area contributed by atoms with E-state index >= 15 is 0 Å². The van der Waals surface area contributed by atoms with E-state index < -0.39 is 65.7 Å². The van der Waals surface area contributed by atoms with Gasteiger partial charge in [0.25, 0.3) is 0 Å². The molecule has 2 aliphatic heterocycles. The fourth-order valence-corrected chi connectivity index (χ4v) is 4.18. The fourth-order valence-electron chi connectivity index (χ4n) is 4.18. The molecule has 3 fully saturated rings. The van der Waals surface area contributed by atoms with E-state index in [2.05, 4.69) is 13.2 Å². The van der Waals surface area contributed by atoms with Crippen LogP contribution in [-0.2, 0) is 38.1 Å². The summed E-state index contributed by atoms with van der Waals surface area (Å²) < 4.78 is 21.8. The molecule has 0 bridgehead atoms. The quantitative estimate of drug-likeness (QED) is 0.301. The minimum absolute atomic E-state index is 0.000884. The molecule has 0 radical (unpaired) electrons. The van der Waals surface area contributed by atoms with Crippen molar-refractivity contribution in [3.05, 3.63) is 24.3 Å². The molecule has 8 atom stereocenters. The second-order valence-electron chi connectivity index (χ2n) is 8.42. The summed E-state index contributed by atoms with van der Waals surface area (Å²) in [6, 6.07) is 0. The van der Waals surface area contributed by atoms with Gasteiger partial charge in [-0.15, -0.1) is 0 Å². The summed E-state index contributed by atoms with van der Waals surface area (Å²) in [6.45, 7) is 12.8. The maximum atomic E-state index is 13.0. The van der Waals surface area contributed by atoms with Gasteiger partial charge in [-0.1, -0.05) is 20.1 Å². The molecule has 9 heteroatoms. The van der Waals surface area contributed by atoms with Gasteiger partial charge < -0.3 is 24.1 Å². The van der Waals surface area contributed by atoms with Crippen LogP contribution in [0.1, 0.15) is 34.1 Å². The zero-order chi connectivity index (χ0) is 22.5. The molecular formula is C21H26O9. The average molecular weight is 422 g/mol. The molecule has 2 heterocycles. The Kier molecular flexibility index (Phi) is 5.64. The highest BCUT2D eigenvalue weighted by Gasteiger charge is 2.62. The number of hydrogen-bond donors (Lipinski definition) is 1. The summed E-state index contributed by atoms with van der Waals surface area (Å²) in [4.78, 5) is 49.6. The molecule has 0 aromatic carbocycles. The second-order valence-corrected chi connectivity index (χ2v) is 8.42. The number of fused-ring (bicyclic) bond motifs is 2. The third-order valence-corrected chi connectivity index (χ3v) is 5.86. The van der Waals surface area contributed by atoms with Crippen molar-refractivity contribution in [1.82, 2.24) is 0 Å². The summed E-state index contributed by atoms with van der Waals surface area (Å²) in [7, 11) is 0. The highest BCUT2D eigenvalue weighted by Crippen LogP contribution is 2.45. The van der Waals surface area contributed by atoms with Gasteiger partial charge in [-0.2, -0.15) is 0 Å². The molecule has 3 rings (SSSR count). The Hall–Kier alpha value is -2.52. The number of rotatable bonds is 3.